The smallest absolute Gasteiger partial charge is 0.249 e. The third-order valence-corrected chi connectivity index (χ3v) is 7.21. The molecule has 0 amide bonds. The lowest BCUT2D eigenvalue weighted by Crippen LogP contribution is -2.39. The Morgan fingerprint density at radius 2 is 2.00 bits per heavy atom. The van der Waals surface area contributed by atoms with Gasteiger partial charge in [0.05, 0.1) is 6.26 Å². The highest BCUT2D eigenvalue weighted by atomic mass is 28.4. The average Bonchev–Trinajstić information content (AvgIpc) is 2.21. The molecule has 0 bridgehead atoms. The fourth-order valence-electron chi connectivity index (χ4n) is 0.717. The van der Waals surface area contributed by atoms with Gasteiger partial charge in [-0.25, -0.2) is 0 Å². The summed E-state index contributed by atoms with van der Waals surface area (Å²) >= 11 is 0. The van der Waals surface area contributed by atoms with Gasteiger partial charge < -0.3 is 9.16 Å². The standard InChI is InChI=1S/C13H23NO2Si/c1-7-9-15-12(11-14)8-10-16-17(5,6)13(2,3)4/h7-8,10,14H,1,9H2,2-6H3/b10-8+. The van der Waals surface area contributed by atoms with Crippen molar-refractivity contribution < 1.29 is 9.16 Å². The Morgan fingerprint density at radius 1 is 1.41 bits per heavy atom. The number of ether oxygens (including phenoxy) is 1. The largest absolute Gasteiger partial charge is 0.549 e. The van der Waals surface area contributed by atoms with E-state index in [9.17, 15) is 0 Å². The van der Waals surface area contributed by atoms with E-state index >= 15 is 0 Å². The molecular weight excluding hydrogens is 230 g/mol. The minimum atomic E-state index is -1.78. The van der Waals surface area contributed by atoms with Crippen LogP contribution in [0.4, 0.5) is 0 Å². The molecular formula is C13H23NO2Si. The SMILES string of the molecule is C=CCOC(=C=N)/C=C/O[Si](C)(C)C(C)(C)C. The highest BCUT2D eigenvalue weighted by Crippen LogP contribution is 2.36. The fourth-order valence-corrected chi connectivity index (χ4v) is 1.48. The zero-order valence-electron chi connectivity index (χ0n) is 11.5. The maximum Gasteiger partial charge on any atom is 0.249 e. The molecule has 96 valence electrons. The van der Waals surface area contributed by atoms with Gasteiger partial charge in [0.15, 0.2) is 5.76 Å². The molecule has 0 radical (unpaired) electrons. The van der Waals surface area contributed by atoms with Gasteiger partial charge in [0.2, 0.25) is 8.32 Å². The van der Waals surface area contributed by atoms with Crippen LogP contribution >= 0.6 is 0 Å². The molecule has 0 unspecified atom stereocenters. The molecule has 0 atom stereocenters. The van der Waals surface area contributed by atoms with Crippen molar-refractivity contribution in [2.75, 3.05) is 6.61 Å². The fraction of sp³-hybridized carbons (Fsp3) is 0.538. The average molecular weight is 253 g/mol. The Labute approximate surface area is 105 Å². The van der Waals surface area contributed by atoms with Gasteiger partial charge >= 0.3 is 0 Å². The summed E-state index contributed by atoms with van der Waals surface area (Å²) < 4.78 is 11.0. The first-order valence-electron chi connectivity index (χ1n) is 5.62. The lowest BCUT2D eigenvalue weighted by molar-refractivity contribution is 0.265. The Balaban J connectivity index is 4.45. The van der Waals surface area contributed by atoms with Crippen molar-refractivity contribution in [1.29, 1.82) is 5.41 Å². The first kappa shape index (κ1) is 15.7. The number of hydrogen-bond acceptors (Lipinski definition) is 3. The van der Waals surface area contributed by atoms with E-state index < -0.39 is 8.32 Å². The van der Waals surface area contributed by atoms with Crippen LogP contribution in [0.15, 0.2) is 30.8 Å². The van der Waals surface area contributed by atoms with E-state index in [2.05, 4.69) is 46.3 Å². The van der Waals surface area contributed by atoms with E-state index in [0.717, 1.165) is 0 Å². The van der Waals surface area contributed by atoms with Crippen LogP contribution in [0.25, 0.3) is 0 Å². The van der Waals surface area contributed by atoms with Crippen LogP contribution in [0.5, 0.6) is 0 Å². The monoisotopic (exact) mass is 253 g/mol. The predicted molar refractivity (Wildman–Crippen MR) is 74.8 cm³/mol. The van der Waals surface area contributed by atoms with Crippen molar-refractivity contribution in [3.63, 3.8) is 0 Å². The molecule has 0 aromatic rings. The van der Waals surface area contributed by atoms with Crippen molar-refractivity contribution in [3.05, 3.63) is 30.8 Å². The van der Waals surface area contributed by atoms with Crippen LogP contribution in [0, 0.1) is 5.41 Å². The normalized spacial score (nSPS) is 12.1. The molecule has 3 nitrogen and oxygen atoms in total. The molecule has 0 fully saturated rings. The molecule has 0 rings (SSSR count). The van der Waals surface area contributed by atoms with E-state index in [0.29, 0.717) is 12.4 Å². The maximum atomic E-state index is 7.05. The highest BCUT2D eigenvalue weighted by Gasteiger charge is 2.37. The lowest BCUT2D eigenvalue weighted by Gasteiger charge is -2.34. The Morgan fingerprint density at radius 3 is 2.41 bits per heavy atom. The summed E-state index contributed by atoms with van der Waals surface area (Å²) in [5.74, 6) is 2.56. The van der Waals surface area contributed by atoms with Gasteiger partial charge in [0.25, 0.3) is 0 Å². The van der Waals surface area contributed by atoms with E-state index in [1.54, 1.807) is 18.4 Å². The first-order valence-corrected chi connectivity index (χ1v) is 8.53. The molecule has 0 heterocycles. The van der Waals surface area contributed by atoms with Gasteiger partial charge in [-0.05, 0) is 18.1 Å². The third-order valence-electron chi connectivity index (χ3n) is 2.87. The highest BCUT2D eigenvalue weighted by molar-refractivity contribution is 6.74. The van der Waals surface area contributed by atoms with Crippen molar-refractivity contribution in [2.45, 2.75) is 38.9 Å². The second kappa shape index (κ2) is 6.47. The minimum absolute atomic E-state index is 0.161. The summed E-state index contributed by atoms with van der Waals surface area (Å²) in [6.07, 6.45) is 4.86. The number of rotatable bonds is 6. The third kappa shape index (κ3) is 5.57. The molecule has 0 aliphatic heterocycles. The van der Waals surface area contributed by atoms with Crippen molar-refractivity contribution in [1.82, 2.24) is 0 Å². The van der Waals surface area contributed by atoms with Gasteiger partial charge in [-0.3, -0.25) is 5.41 Å². The Hall–Kier alpha value is -1.25. The molecule has 0 aliphatic rings. The van der Waals surface area contributed by atoms with Gasteiger partial charge in [-0.15, -0.1) is 0 Å². The number of nitrogens with one attached hydrogen (secondary N) is 1. The van der Waals surface area contributed by atoms with E-state index in [1.807, 2.05) is 0 Å². The van der Waals surface area contributed by atoms with Crippen molar-refractivity contribution in [2.24, 2.45) is 0 Å². The molecule has 0 aromatic heterocycles. The summed E-state index contributed by atoms with van der Waals surface area (Å²) in [7, 11) is -1.78. The minimum Gasteiger partial charge on any atom is -0.549 e. The van der Waals surface area contributed by atoms with Crippen molar-refractivity contribution in [3.8, 4) is 0 Å². The predicted octanol–water partition coefficient (Wildman–Crippen LogP) is 3.86. The van der Waals surface area contributed by atoms with E-state index in [1.165, 1.54) is 0 Å². The Bertz CT molecular complexity index is 334. The summed E-state index contributed by atoms with van der Waals surface area (Å²) in [6.45, 7) is 14.8. The molecule has 0 saturated heterocycles. The summed E-state index contributed by atoms with van der Waals surface area (Å²) in [5, 5.41) is 7.21. The zero-order chi connectivity index (χ0) is 13.5. The molecule has 0 saturated carbocycles. The van der Waals surface area contributed by atoms with E-state index in [-0.39, 0.29) is 5.04 Å². The van der Waals surface area contributed by atoms with Crippen LogP contribution in [0.2, 0.25) is 18.1 Å². The van der Waals surface area contributed by atoms with Gasteiger partial charge in [-0.1, -0.05) is 33.4 Å². The topological polar surface area (TPSA) is 42.3 Å². The summed E-state index contributed by atoms with van der Waals surface area (Å²) in [6, 6.07) is 0. The van der Waals surface area contributed by atoms with Crippen LogP contribution in [0.1, 0.15) is 20.8 Å². The molecule has 1 N–H and O–H groups in total. The second-order valence-corrected chi connectivity index (χ2v) is 10.0. The quantitative estimate of drug-likeness (QED) is 0.257. The molecule has 4 heteroatoms. The number of hydrogen-bond donors (Lipinski definition) is 1. The molecule has 0 aromatic carbocycles. The first-order chi connectivity index (χ1) is 7.74. The maximum absolute atomic E-state index is 7.05. The zero-order valence-corrected chi connectivity index (χ0v) is 12.5. The Kier molecular flexibility index (Phi) is 6.00. The van der Waals surface area contributed by atoms with Crippen LogP contribution in [-0.2, 0) is 9.16 Å². The van der Waals surface area contributed by atoms with Crippen LogP contribution in [-0.4, -0.2) is 20.8 Å². The number of allylic oxidation sites excluding steroid dienone is 1. The van der Waals surface area contributed by atoms with Gasteiger partial charge in [-0.2, -0.15) is 0 Å². The molecule has 0 spiro atoms. The molecule has 0 aliphatic carbocycles. The van der Waals surface area contributed by atoms with Gasteiger partial charge in [0.1, 0.15) is 6.61 Å². The molecule has 17 heavy (non-hydrogen) atoms. The van der Waals surface area contributed by atoms with Gasteiger partial charge in [0, 0.05) is 11.9 Å². The summed E-state index contributed by atoms with van der Waals surface area (Å²) in [4.78, 5) is 0. The second-order valence-electron chi connectivity index (χ2n) is 5.27. The lowest BCUT2D eigenvalue weighted by atomic mass is 10.2. The van der Waals surface area contributed by atoms with Crippen LogP contribution < -0.4 is 0 Å². The van der Waals surface area contributed by atoms with Crippen LogP contribution in [0.3, 0.4) is 0 Å². The summed E-state index contributed by atoms with van der Waals surface area (Å²) in [5.41, 5.74) is 0. The van der Waals surface area contributed by atoms with Crippen molar-refractivity contribution >= 4 is 14.2 Å². The van der Waals surface area contributed by atoms with E-state index in [4.69, 9.17) is 14.6 Å².